The van der Waals surface area contributed by atoms with E-state index < -0.39 is 0 Å². The molecule has 146 valence electrons. The Morgan fingerprint density at radius 1 is 1.38 bits per heavy atom. The smallest absolute Gasteiger partial charge is 0.217 e. The molecule has 3 N–H and O–H groups in total. The van der Waals surface area contributed by atoms with Gasteiger partial charge in [0.25, 0.3) is 0 Å². The summed E-state index contributed by atoms with van der Waals surface area (Å²) in [5.74, 6) is 1.01. The third-order valence-electron chi connectivity index (χ3n) is 4.78. The zero-order valence-corrected chi connectivity index (χ0v) is 18.3. The summed E-state index contributed by atoms with van der Waals surface area (Å²) in [6.45, 7) is 2.58. The van der Waals surface area contributed by atoms with E-state index >= 15 is 0 Å². The van der Waals surface area contributed by atoms with Crippen LogP contribution in [0, 0.1) is 5.92 Å². The molecular weight excluding hydrogens is 441 g/mol. The lowest BCUT2D eigenvalue weighted by Crippen LogP contribution is -2.48. The largest absolute Gasteiger partial charge is 0.370 e. The first kappa shape index (κ1) is 22.7. The van der Waals surface area contributed by atoms with Crippen molar-refractivity contribution < 1.29 is 4.79 Å². The normalized spacial score (nSPS) is 19.0. The molecule has 1 fully saturated rings. The first-order valence-corrected chi connectivity index (χ1v) is 8.96. The Labute approximate surface area is 174 Å². The molecule has 0 radical (unpaired) electrons. The minimum Gasteiger partial charge on any atom is -0.370 e. The summed E-state index contributed by atoms with van der Waals surface area (Å²) in [5.41, 5.74) is 6.64. The summed E-state index contributed by atoms with van der Waals surface area (Å²) in [4.78, 5) is 20.1. The fourth-order valence-corrected chi connectivity index (χ4v) is 3.50. The number of benzene rings is 1. The second-order valence-electron chi connectivity index (χ2n) is 6.94. The molecule has 1 heterocycles. The van der Waals surface area contributed by atoms with Gasteiger partial charge >= 0.3 is 0 Å². The van der Waals surface area contributed by atoms with Crippen LogP contribution in [0.15, 0.2) is 35.3 Å². The Kier molecular flexibility index (Phi) is 9.93. The van der Waals surface area contributed by atoms with Crippen LogP contribution < -0.4 is 11.1 Å². The molecule has 1 aliphatic heterocycles. The number of nitrogens with two attached hydrogens (primary N) is 1. The van der Waals surface area contributed by atoms with Gasteiger partial charge in [-0.15, -0.1) is 24.0 Å². The number of amides is 1. The van der Waals surface area contributed by atoms with Gasteiger partial charge in [0.15, 0.2) is 5.96 Å². The molecule has 6 nitrogen and oxygen atoms in total. The van der Waals surface area contributed by atoms with Gasteiger partial charge in [-0.1, -0.05) is 30.3 Å². The number of guanidine groups is 1. The summed E-state index contributed by atoms with van der Waals surface area (Å²) in [7, 11) is 5.99. The lowest BCUT2D eigenvalue weighted by atomic mass is 9.95. The third-order valence-corrected chi connectivity index (χ3v) is 4.78. The number of nitrogens with zero attached hydrogens (tertiary/aromatic N) is 3. The number of hydrogen-bond donors (Lipinski definition) is 2. The minimum absolute atomic E-state index is 0. The molecule has 0 saturated carbocycles. The predicted molar refractivity (Wildman–Crippen MR) is 118 cm³/mol. The van der Waals surface area contributed by atoms with Crippen molar-refractivity contribution in [1.29, 1.82) is 0 Å². The topological polar surface area (TPSA) is 74.0 Å². The van der Waals surface area contributed by atoms with E-state index in [1.165, 1.54) is 5.56 Å². The second kappa shape index (κ2) is 11.4. The monoisotopic (exact) mass is 473 g/mol. The maximum Gasteiger partial charge on any atom is 0.217 e. The molecule has 1 amide bonds. The molecular formula is C19H32IN5O. The Morgan fingerprint density at radius 2 is 2.08 bits per heavy atom. The van der Waals surface area contributed by atoms with Gasteiger partial charge in [-0.25, -0.2) is 0 Å². The van der Waals surface area contributed by atoms with Crippen molar-refractivity contribution in [2.45, 2.75) is 25.3 Å². The summed E-state index contributed by atoms with van der Waals surface area (Å²) in [5, 5.41) is 3.51. The number of piperidine rings is 1. The van der Waals surface area contributed by atoms with Crippen LogP contribution in [0.25, 0.3) is 0 Å². The van der Waals surface area contributed by atoms with Gasteiger partial charge in [0.2, 0.25) is 5.91 Å². The Hall–Kier alpha value is -1.35. The molecule has 7 heteroatoms. The molecule has 0 bridgehead atoms. The zero-order valence-electron chi connectivity index (χ0n) is 16.0. The van der Waals surface area contributed by atoms with E-state index in [-0.39, 0.29) is 35.9 Å². The van der Waals surface area contributed by atoms with Crippen molar-refractivity contribution in [1.82, 2.24) is 15.1 Å². The van der Waals surface area contributed by atoms with Crippen LogP contribution in [0.2, 0.25) is 0 Å². The number of nitrogens with one attached hydrogen (secondary N) is 1. The fourth-order valence-electron chi connectivity index (χ4n) is 3.50. The summed E-state index contributed by atoms with van der Waals surface area (Å²) >= 11 is 0. The minimum atomic E-state index is -0.216. The molecule has 0 aromatic heterocycles. The molecule has 2 atom stereocenters. The highest BCUT2D eigenvalue weighted by molar-refractivity contribution is 14.0. The van der Waals surface area contributed by atoms with Crippen LogP contribution in [-0.2, 0) is 4.79 Å². The van der Waals surface area contributed by atoms with Crippen molar-refractivity contribution >= 4 is 35.8 Å². The first-order valence-electron chi connectivity index (χ1n) is 8.96. The predicted octanol–water partition coefficient (Wildman–Crippen LogP) is 2.07. The second-order valence-corrected chi connectivity index (χ2v) is 6.94. The lowest BCUT2D eigenvalue weighted by Gasteiger charge is -2.35. The highest BCUT2D eigenvalue weighted by atomic mass is 127. The molecule has 1 aromatic rings. The van der Waals surface area contributed by atoms with Gasteiger partial charge in [0.05, 0.1) is 6.04 Å². The number of carbonyl (C=O) groups excluding carboxylic acids is 1. The van der Waals surface area contributed by atoms with E-state index in [1.54, 1.807) is 0 Å². The van der Waals surface area contributed by atoms with E-state index in [1.807, 2.05) is 13.1 Å². The molecule has 0 aliphatic carbocycles. The summed E-state index contributed by atoms with van der Waals surface area (Å²) in [6, 6.07) is 10.7. The zero-order chi connectivity index (χ0) is 18.2. The van der Waals surface area contributed by atoms with Crippen molar-refractivity contribution in [3.05, 3.63) is 35.9 Å². The van der Waals surface area contributed by atoms with Crippen molar-refractivity contribution in [3.8, 4) is 0 Å². The Balaban J connectivity index is 0.00000338. The van der Waals surface area contributed by atoms with Gasteiger partial charge < -0.3 is 20.9 Å². The fraction of sp³-hybridized carbons (Fsp3) is 0.579. The van der Waals surface area contributed by atoms with Gasteiger partial charge in [-0.2, -0.15) is 0 Å². The number of aliphatic imine (C=N–C) groups is 1. The van der Waals surface area contributed by atoms with E-state index in [4.69, 9.17) is 5.73 Å². The standard InChI is InChI=1S/C19H31N5O.HI/c1-21-19(24-11-7-8-15(14-24)12-18(20)25)22-13-17(23(2)3)16-9-5-4-6-10-16;/h4-6,9-10,15,17H,7-8,11-14H2,1-3H3,(H2,20,25)(H,21,22);1H. The number of carbonyl (C=O) groups is 1. The van der Waals surface area contributed by atoms with Crippen molar-refractivity contribution in [2.75, 3.05) is 40.8 Å². The van der Waals surface area contributed by atoms with Crippen LogP contribution >= 0.6 is 24.0 Å². The number of rotatable bonds is 6. The third kappa shape index (κ3) is 6.75. The molecule has 26 heavy (non-hydrogen) atoms. The van der Waals surface area contributed by atoms with E-state index in [0.717, 1.165) is 38.4 Å². The average molecular weight is 473 g/mol. The summed E-state index contributed by atoms with van der Waals surface area (Å²) < 4.78 is 0. The highest BCUT2D eigenvalue weighted by Gasteiger charge is 2.24. The van der Waals surface area contributed by atoms with Gasteiger partial charge in [0.1, 0.15) is 0 Å². The highest BCUT2D eigenvalue weighted by Crippen LogP contribution is 2.20. The van der Waals surface area contributed by atoms with Crippen LogP contribution in [0.5, 0.6) is 0 Å². The first-order chi connectivity index (χ1) is 12.0. The molecule has 0 spiro atoms. The number of primary amides is 1. The Morgan fingerprint density at radius 3 is 2.65 bits per heavy atom. The van der Waals surface area contributed by atoms with Crippen molar-refractivity contribution in [2.24, 2.45) is 16.6 Å². The SMILES string of the molecule is CN=C(NCC(c1ccccc1)N(C)C)N1CCCC(CC(N)=O)C1.I. The lowest BCUT2D eigenvalue weighted by molar-refractivity contribution is -0.119. The number of hydrogen-bond acceptors (Lipinski definition) is 3. The maximum absolute atomic E-state index is 11.2. The van der Waals surface area contributed by atoms with Crippen LogP contribution in [0.4, 0.5) is 0 Å². The molecule has 2 rings (SSSR count). The Bertz CT molecular complexity index is 579. The number of likely N-dealkylation sites (N-methyl/N-ethyl adjacent to an activating group) is 1. The van der Waals surface area contributed by atoms with E-state index in [0.29, 0.717) is 12.3 Å². The van der Waals surface area contributed by atoms with Gasteiger partial charge in [-0.3, -0.25) is 9.79 Å². The molecule has 1 aromatic carbocycles. The van der Waals surface area contributed by atoms with E-state index in [2.05, 4.69) is 58.5 Å². The average Bonchev–Trinajstić information content (AvgIpc) is 2.59. The maximum atomic E-state index is 11.2. The molecule has 1 saturated heterocycles. The van der Waals surface area contributed by atoms with Crippen LogP contribution in [-0.4, -0.2) is 62.4 Å². The quantitative estimate of drug-likeness (QED) is 0.377. The van der Waals surface area contributed by atoms with Crippen LogP contribution in [0.1, 0.15) is 30.9 Å². The van der Waals surface area contributed by atoms with Gasteiger partial charge in [0, 0.05) is 33.1 Å². The van der Waals surface area contributed by atoms with E-state index in [9.17, 15) is 4.79 Å². The summed E-state index contributed by atoms with van der Waals surface area (Å²) in [6.07, 6.45) is 2.58. The van der Waals surface area contributed by atoms with Crippen LogP contribution in [0.3, 0.4) is 0 Å². The molecule has 1 aliphatic rings. The van der Waals surface area contributed by atoms with Gasteiger partial charge in [-0.05, 0) is 38.4 Å². The number of halogens is 1. The van der Waals surface area contributed by atoms with Crippen molar-refractivity contribution in [3.63, 3.8) is 0 Å². The molecule has 2 unspecified atom stereocenters. The number of likely N-dealkylation sites (tertiary alicyclic amines) is 1.